The number of amides is 1. The lowest BCUT2D eigenvalue weighted by Crippen LogP contribution is -2.61. The van der Waals surface area contributed by atoms with E-state index in [4.69, 9.17) is 0 Å². The molecule has 16 heteroatoms. The van der Waals surface area contributed by atoms with Crippen molar-refractivity contribution in [1.29, 1.82) is 0 Å². The average Bonchev–Trinajstić information content (AvgIpc) is 2.90. The number of halogens is 6. The van der Waals surface area contributed by atoms with E-state index in [0.717, 1.165) is 45.6 Å². The Kier molecular flexibility index (Phi) is 7.13. The fraction of sp³-hybridized carbons (Fsp3) is 0.280. The average molecular weight is 603 g/mol. The van der Waals surface area contributed by atoms with Crippen molar-refractivity contribution in [1.82, 2.24) is 9.88 Å². The highest BCUT2D eigenvalue weighted by Crippen LogP contribution is 2.41. The third kappa shape index (κ3) is 5.55. The number of rotatable bonds is 5. The molecule has 9 nitrogen and oxygen atoms in total. The number of pyridine rings is 1. The van der Waals surface area contributed by atoms with Gasteiger partial charge in [-0.15, -0.1) is 0 Å². The van der Waals surface area contributed by atoms with E-state index in [0.29, 0.717) is 6.07 Å². The van der Waals surface area contributed by atoms with Crippen LogP contribution in [0, 0.1) is 5.82 Å². The minimum absolute atomic E-state index is 0.0187. The van der Waals surface area contributed by atoms with Gasteiger partial charge in [0, 0.05) is 37.5 Å². The molecule has 1 fully saturated rings. The quantitative estimate of drug-likeness (QED) is 0.415. The predicted octanol–water partition coefficient (Wildman–Crippen LogP) is 4.89. The van der Waals surface area contributed by atoms with Gasteiger partial charge in [-0.1, -0.05) is 6.07 Å². The number of carboxylic acid groups (broad SMARTS) is 1. The largest absolute Gasteiger partial charge is 0.465 e. The monoisotopic (exact) mass is 602 g/mol. The molecule has 1 amide bonds. The van der Waals surface area contributed by atoms with Crippen LogP contribution in [-0.2, 0) is 16.2 Å². The first-order valence-corrected chi connectivity index (χ1v) is 13.4. The Bertz CT molecular complexity index is 1600. The molecular weight excluding hydrogens is 582 g/mol. The number of anilines is 2. The number of aromatic nitrogens is 1. The molecule has 2 aromatic carbocycles. The second kappa shape index (κ2) is 10.3. The maximum Gasteiger partial charge on any atom is 0.416 e. The predicted molar refractivity (Wildman–Crippen MR) is 133 cm³/mol. The van der Waals surface area contributed by atoms with Crippen LogP contribution >= 0.6 is 0 Å². The number of benzene rings is 2. The van der Waals surface area contributed by atoms with Crippen molar-refractivity contribution in [3.05, 3.63) is 66.1 Å². The van der Waals surface area contributed by atoms with Crippen molar-refractivity contribution >= 4 is 27.6 Å². The van der Waals surface area contributed by atoms with Gasteiger partial charge < -0.3 is 19.6 Å². The van der Waals surface area contributed by atoms with Crippen molar-refractivity contribution in [2.75, 3.05) is 35.4 Å². The van der Waals surface area contributed by atoms with Gasteiger partial charge in [-0.05, 0) is 42.0 Å². The summed E-state index contributed by atoms with van der Waals surface area (Å²) in [4.78, 5) is 18.1. The van der Waals surface area contributed by atoms with E-state index < -0.39 is 57.0 Å². The molecule has 218 valence electrons. The summed E-state index contributed by atoms with van der Waals surface area (Å²) >= 11 is 0. The van der Waals surface area contributed by atoms with E-state index in [1.54, 1.807) is 4.90 Å². The molecule has 0 bridgehead atoms. The van der Waals surface area contributed by atoms with Crippen molar-refractivity contribution in [3.8, 4) is 16.9 Å². The summed E-state index contributed by atoms with van der Waals surface area (Å²) in [5, 5.41) is 9.46. The molecule has 0 spiro atoms. The molecule has 1 unspecified atom stereocenters. The summed E-state index contributed by atoms with van der Waals surface area (Å²) in [6.45, 7) is -3.47. The summed E-state index contributed by atoms with van der Waals surface area (Å²) in [5.41, 5.74) is -1.13. The van der Waals surface area contributed by atoms with Crippen LogP contribution in [-0.4, -0.2) is 68.3 Å². The number of nitrogens with zero attached hydrogens (tertiary/aromatic N) is 4. The summed E-state index contributed by atoms with van der Waals surface area (Å²) in [5.74, 6) is -1.31. The van der Waals surface area contributed by atoms with Crippen molar-refractivity contribution in [3.63, 3.8) is 0 Å². The topological polar surface area (TPSA) is 103 Å². The fourth-order valence-electron chi connectivity index (χ4n) is 4.85. The van der Waals surface area contributed by atoms with E-state index in [1.165, 1.54) is 12.3 Å². The van der Waals surface area contributed by atoms with Gasteiger partial charge in [0.2, 0.25) is 0 Å². The van der Waals surface area contributed by atoms with Gasteiger partial charge in [0.25, 0.3) is 10.0 Å². The standard InChI is InChI=1S/C25H20F6N4O5S/c26-17-6-14(7-19(10-17)40-23(27)28)15-8-21-22(32-11-15)34-5-4-33(24(36)37)12-18(34)13-35(21)41(38,39)20-3-1-2-16(9-20)25(29,30)31/h1-3,6-11,18,23H,4-5,12-13H2,(H,36,37). The Morgan fingerprint density at radius 3 is 2.49 bits per heavy atom. The lowest BCUT2D eigenvalue weighted by molar-refractivity contribution is -0.137. The Morgan fingerprint density at radius 2 is 1.80 bits per heavy atom. The summed E-state index contributed by atoms with van der Waals surface area (Å²) in [6, 6.07) is 6.55. The van der Waals surface area contributed by atoms with E-state index in [2.05, 4.69) is 9.72 Å². The maximum absolute atomic E-state index is 14.2. The third-order valence-corrected chi connectivity index (χ3v) is 8.47. The summed E-state index contributed by atoms with van der Waals surface area (Å²) < 4.78 is 113. The molecule has 0 radical (unpaired) electrons. The molecular formula is C25H20F6N4O5S. The summed E-state index contributed by atoms with van der Waals surface area (Å²) in [6.07, 6.45) is -4.79. The van der Waals surface area contributed by atoms with E-state index in [1.807, 2.05) is 0 Å². The fourth-order valence-corrected chi connectivity index (χ4v) is 6.39. The number of carbonyl (C=O) groups is 1. The van der Waals surface area contributed by atoms with Gasteiger partial charge in [-0.2, -0.15) is 22.0 Å². The lowest BCUT2D eigenvalue weighted by Gasteiger charge is -2.47. The lowest BCUT2D eigenvalue weighted by atomic mass is 10.0. The molecule has 1 saturated heterocycles. The highest BCUT2D eigenvalue weighted by molar-refractivity contribution is 7.92. The van der Waals surface area contributed by atoms with Crippen LogP contribution in [0.15, 0.2) is 59.6 Å². The minimum atomic E-state index is -4.82. The molecule has 41 heavy (non-hydrogen) atoms. The van der Waals surface area contributed by atoms with Crippen LogP contribution in [0.4, 0.5) is 42.6 Å². The van der Waals surface area contributed by atoms with Crippen LogP contribution in [0.25, 0.3) is 11.1 Å². The Balaban J connectivity index is 1.64. The highest BCUT2D eigenvalue weighted by atomic mass is 32.2. The molecule has 1 atom stereocenters. The minimum Gasteiger partial charge on any atom is -0.465 e. The number of ether oxygens (including phenoxy) is 1. The first kappa shape index (κ1) is 28.3. The molecule has 2 aliphatic rings. The van der Waals surface area contributed by atoms with E-state index in [9.17, 15) is 44.7 Å². The molecule has 3 aromatic rings. The zero-order chi connectivity index (χ0) is 29.7. The van der Waals surface area contributed by atoms with Crippen LogP contribution in [0.1, 0.15) is 5.56 Å². The van der Waals surface area contributed by atoms with Crippen LogP contribution in [0.5, 0.6) is 5.75 Å². The molecule has 1 aromatic heterocycles. The summed E-state index contributed by atoms with van der Waals surface area (Å²) in [7, 11) is -4.67. The van der Waals surface area contributed by atoms with Gasteiger partial charge in [0.05, 0.1) is 28.7 Å². The molecule has 5 rings (SSSR count). The number of sulfonamides is 1. The zero-order valence-corrected chi connectivity index (χ0v) is 21.5. The van der Waals surface area contributed by atoms with E-state index >= 15 is 0 Å². The number of hydrogen-bond acceptors (Lipinski definition) is 6. The van der Waals surface area contributed by atoms with E-state index in [-0.39, 0.29) is 48.8 Å². The Hall–Kier alpha value is -4.21. The van der Waals surface area contributed by atoms with Crippen LogP contribution in [0.3, 0.4) is 0 Å². The van der Waals surface area contributed by atoms with Gasteiger partial charge in [0.1, 0.15) is 11.6 Å². The number of alkyl halides is 5. The zero-order valence-electron chi connectivity index (χ0n) is 20.7. The second-order valence-corrected chi connectivity index (χ2v) is 11.1. The molecule has 3 heterocycles. The second-order valence-electron chi connectivity index (χ2n) is 9.26. The number of hydrogen-bond donors (Lipinski definition) is 1. The Labute approximate surface area is 229 Å². The Morgan fingerprint density at radius 1 is 1.05 bits per heavy atom. The first-order chi connectivity index (χ1) is 19.2. The van der Waals surface area contributed by atoms with Gasteiger partial charge in [0.15, 0.2) is 5.82 Å². The molecule has 0 saturated carbocycles. The van der Waals surface area contributed by atoms with Crippen LogP contribution in [0.2, 0.25) is 0 Å². The van der Waals surface area contributed by atoms with Crippen LogP contribution < -0.4 is 13.9 Å². The van der Waals surface area contributed by atoms with Gasteiger partial charge in [-0.25, -0.2) is 22.6 Å². The smallest absolute Gasteiger partial charge is 0.416 e. The van der Waals surface area contributed by atoms with Crippen molar-refractivity contribution in [2.24, 2.45) is 0 Å². The first-order valence-electron chi connectivity index (χ1n) is 11.9. The molecule has 0 aliphatic carbocycles. The van der Waals surface area contributed by atoms with Gasteiger partial charge >= 0.3 is 18.9 Å². The number of fused-ring (bicyclic) bond motifs is 3. The third-order valence-electron chi connectivity index (χ3n) is 6.70. The van der Waals surface area contributed by atoms with Crippen molar-refractivity contribution < 1.29 is 49.4 Å². The molecule has 2 aliphatic heterocycles. The molecule has 1 N–H and O–H groups in total. The maximum atomic E-state index is 14.2. The number of piperazine rings is 1. The normalized spacial score (nSPS) is 17.3. The van der Waals surface area contributed by atoms with Gasteiger partial charge in [-0.3, -0.25) is 4.31 Å². The highest BCUT2D eigenvalue weighted by Gasteiger charge is 2.42. The SMILES string of the molecule is O=C(O)N1CCN2c3ncc(-c4cc(F)cc(OC(F)F)c4)cc3N(S(=O)(=O)c3cccc(C(F)(F)F)c3)CC2C1. The van der Waals surface area contributed by atoms with Crippen molar-refractivity contribution in [2.45, 2.75) is 23.7 Å².